The van der Waals surface area contributed by atoms with E-state index in [2.05, 4.69) is 22.0 Å². The first-order valence-electron chi connectivity index (χ1n) is 6.13. The van der Waals surface area contributed by atoms with Crippen LogP contribution < -0.4 is 10.3 Å². The molecule has 0 unspecified atom stereocenters. The Morgan fingerprint density at radius 3 is 2.71 bits per heavy atom. The maximum Gasteiger partial charge on any atom is 0.194 e. The Bertz CT molecular complexity index is 658. The maximum absolute atomic E-state index is 11.7. The molecule has 2 rings (SSSR count). The summed E-state index contributed by atoms with van der Waals surface area (Å²) in [7, 11) is 3.36. The van der Waals surface area contributed by atoms with Gasteiger partial charge in [0.1, 0.15) is 12.4 Å². The van der Waals surface area contributed by atoms with Crippen LogP contribution in [0.1, 0.15) is 0 Å². The first-order valence-corrected chi connectivity index (χ1v) is 6.92. The van der Waals surface area contributed by atoms with Crippen LogP contribution >= 0.6 is 15.9 Å². The molecule has 1 heterocycles. The van der Waals surface area contributed by atoms with E-state index in [1.165, 1.54) is 6.07 Å². The van der Waals surface area contributed by atoms with E-state index in [1.807, 2.05) is 18.2 Å². The Morgan fingerprint density at radius 2 is 2.05 bits per heavy atom. The fourth-order valence-electron chi connectivity index (χ4n) is 1.79. The zero-order valence-electron chi connectivity index (χ0n) is 11.9. The first-order chi connectivity index (χ1) is 9.63. The largest absolute Gasteiger partial charge is 0.491 e. The van der Waals surface area contributed by atoms with Crippen molar-refractivity contribution in [1.82, 2.24) is 4.57 Å². The monoisotopic (exact) mass is 425 g/mol. The summed E-state index contributed by atoms with van der Waals surface area (Å²) in [5.41, 5.74) is 1.56. The molecule has 0 spiro atoms. The SMILES string of the molecule is COCCOc1ccc(-c2[c-]ccc(=O)n2C)c(Br)c1.[Y]. The molecule has 1 radical (unpaired) electrons. The van der Waals surface area contributed by atoms with Gasteiger partial charge in [0.25, 0.3) is 0 Å². The van der Waals surface area contributed by atoms with Crippen LogP contribution in [-0.2, 0) is 44.5 Å². The number of aromatic nitrogens is 1. The summed E-state index contributed by atoms with van der Waals surface area (Å²) >= 11 is 3.50. The van der Waals surface area contributed by atoms with Crippen LogP contribution in [-0.4, -0.2) is 24.9 Å². The molecule has 0 aliphatic heterocycles. The summed E-state index contributed by atoms with van der Waals surface area (Å²) in [6.07, 6.45) is 0. The number of rotatable bonds is 5. The zero-order valence-corrected chi connectivity index (χ0v) is 16.4. The molecule has 2 aromatic rings. The van der Waals surface area contributed by atoms with Crippen LogP contribution in [0.25, 0.3) is 11.3 Å². The molecule has 0 saturated carbocycles. The second-order valence-electron chi connectivity index (χ2n) is 4.21. The predicted molar refractivity (Wildman–Crippen MR) is 81.0 cm³/mol. The summed E-state index contributed by atoms with van der Waals surface area (Å²) in [5.74, 6) is 0.749. The third kappa shape index (κ3) is 4.75. The fraction of sp³-hybridized carbons (Fsp3) is 0.267. The van der Waals surface area contributed by atoms with Crippen LogP contribution in [0, 0.1) is 6.07 Å². The molecule has 6 heteroatoms. The number of pyridine rings is 1. The third-order valence-corrected chi connectivity index (χ3v) is 3.52. The molecule has 0 amide bonds. The quantitative estimate of drug-likeness (QED) is 0.546. The average Bonchev–Trinajstić information content (AvgIpc) is 2.43. The average molecular weight is 426 g/mol. The number of halogens is 1. The second-order valence-corrected chi connectivity index (χ2v) is 5.06. The van der Waals surface area contributed by atoms with Crippen LogP contribution in [0.3, 0.4) is 0 Å². The Balaban J connectivity index is 0.00000220. The number of methoxy groups -OCH3 is 1. The maximum atomic E-state index is 11.7. The van der Waals surface area contributed by atoms with E-state index < -0.39 is 0 Å². The Labute approximate surface area is 157 Å². The Hall–Kier alpha value is -0.486. The van der Waals surface area contributed by atoms with E-state index >= 15 is 0 Å². The number of ether oxygens (including phenoxy) is 2. The van der Waals surface area contributed by atoms with Crippen LogP contribution in [0.5, 0.6) is 5.75 Å². The molecule has 0 aliphatic carbocycles. The van der Waals surface area contributed by atoms with Crippen molar-refractivity contribution in [1.29, 1.82) is 0 Å². The molecule has 0 saturated heterocycles. The minimum Gasteiger partial charge on any atom is -0.491 e. The van der Waals surface area contributed by atoms with E-state index in [9.17, 15) is 4.79 Å². The van der Waals surface area contributed by atoms with E-state index in [-0.39, 0.29) is 38.3 Å². The number of hydrogen-bond donors (Lipinski definition) is 0. The molecule has 0 N–H and O–H groups in total. The van der Waals surface area contributed by atoms with E-state index in [4.69, 9.17) is 9.47 Å². The molecule has 4 nitrogen and oxygen atoms in total. The number of nitrogens with zero attached hydrogens (tertiary/aromatic N) is 1. The number of benzene rings is 1. The van der Waals surface area contributed by atoms with Gasteiger partial charge in [-0.3, -0.25) is 4.79 Å². The van der Waals surface area contributed by atoms with Crippen molar-refractivity contribution in [3.8, 4) is 17.0 Å². The fourth-order valence-corrected chi connectivity index (χ4v) is 2.34. The smallest absolute Gasteiger partial charge is 0.194 e. The Morgan fingerprint density at radius 1 is 1.29 bits per heavy atom. The van der Waals surface area contributed by atoms with Gasteiger partial charge >= 0.3 is 0 Å². The summed E-state index contributed by atoms with van der Waals surface area (Å²) in [6, 6.07) is 11.8. The van der Waals surface area contributed by atoms with Crippen molar-refractivity contribution in [3.05, 3.63) is 51.2 Å². The predicted octanol–water partition coefficient (Wildman–Crippen LogP) is 2.64. The minimum absolute atomic E-state index is 0. The topological polar surface area (TPSA) is 40.5 Å². The standard InChI is InChI=1S/C15H15BrNO3.Y/c1-17-14(4-3-5-15(17)18)12-7-6-11(10-13(12)16)20-9-8-19-2;/h3,5-7,10H,8-9H2,1-2H3;/q-1;. The van der Waals surface area contributed by atoms with Gasteiger partial charge in [-0.25, -0.2) is 0 Å². The number of hydrogen-bond acceptors (Lipinski definition) is 3. The van der Waals surface area contributed by atoms with Gasteiger partial charge < -0.3 is 14.0 Å². The Kier molecular flexibility index (Phi) is 7.81. The summed E-state index contributed by atoms with van der Waals surface area (Å²) in [4.78, 5) is 11.7. The van der Waals surface area contributed by atoms with Crippen molar-refractivity contribution in [3.63, 3.8) is 0 Å². The van der Waals surface area contributed by atoms with E-state index in [0.717, 1.165) is 21.5 Å². The van der Waals surface area contributed by atoms with Gasteiger partial charge in [-0.1, -0.05) is 33.3 Å². The van der Waals surface area contributed by atoms with Gasteiger partial charge in [0.15, 0.2) is 5.56 Å². The van der Waals surface area contributed by atoms with Crippen molar-refractivity contribution >= 4 is 15.9 Å². The van der Waals surface area contributed by atoms with Gasteiger partial charge in [-0.15, -0.1) is 6.07 Å². The molecule has 21 heavy (non-hydrogen) atoms. The van der Waals surface area contributed by atoms with Crippen molar-refractivity contribution in [2.75, 3.05) is 20.3 Å². The molecule has 0 atom stereocenters. The third-order valence-electron chi connectivity index (χ3n) is 2.86. The summed E-state index contributed by atoms with van der Waals surface area (Å²) < 4.78 is 12.9. The summed E-state index contributed by atoms with van der Waals surface area (Å²) in [6.45, 7) is 1.04. The molecule has 109 valence electrons. The van der Waals surface area contributed by atoms with Gasteiger partial charge in [-0.05, 0) is 16.6 Å². The molecule has 0 fully saturated rings. The molecular formula is C15H15BrNO3Y-. The van der Waals surface area contributed by atoms with Gasteiger partial charge in [0, 0.05) is 46.9 Å². The van der Waals surface area contributed by atoms with Gasteiger partial charge in [0.2, 0.25) is 0 Å². The normalized spacial score (nSPS) is 10.0. The van der Waals surface area contributed by atoms with Gasteiger partial charge in [0.05, 0.1) is 6.61 Å². The minimum atomic E-state index is -0.0638. The van der Waals surface area contributed by atoms with Crippen LogP contribution in [0.4, 0.5) is 0 Å². The molecular weight excluding hydrogens is 411 g/mol. The molecule has 0 aliphatic rings. The molecule has 0 bridgehead atoms. The zero-order chi connectivity index (χ0) is 14.5. The first kappa shape index (κ1) is 18.6. The van der Waals surface area contributed by atoms with Crippen molar-refractivity contribution in [2.24, 2.45) is 7.05 Å². The summed E-state index contributed by atoms with van der Waals surface area (Å²) in [5, 5.41) is 0. The molecule has 1 aromatic carbocycles. The van der Waals surface area contributed by atoms with Crippen molar-refractivity contribution < 1.29 is 42.2 Å². The van der Waals surface area contributed by atoms with Crippen molar-refractivity contribution in [2.45, 2.75) is 0 Å². The molecule has 1 aromatic heterocycles. The van der Waals surface area contributed by atoms with E-state index in [1.54, 1.807) is 24.8 Å². The van der Waals surface area contributed by atoms with E-state index in [0.29, 0.717) is 13.2 Å². The van der Waals surface area contributed by atoms with Gasteiger partial charge in [-0.2, -0.15) is 12.1 Å². The van der Waals surface area contributed by atoms with Crippen LogP contribution in [0.15, 0.2) is 39.6 Å². The van der Waals surface area contributed by atoms with Crippen LogP contribution in [0.2, 0.25) is 0 Å². The second kappa shape index (κ2) is 8.84.